The van der Waals surface area contributed by atoms with Gasteiger partial charge in [-0.3, -0.25) is 0 Å². The van der Waals surface area contributed by atoms with Crippen LogP contribution in [-0.2, 0) is 12.8 Å². The Bertz CT molecular complexity index is 575. The lowest BCUT2D eigenvalue weighted by atomic mass is 9.98. The van der Waals surface area contributed by atoms with E-state index in [1.807, 2.05) is 19.9 Å². The number of rotatable bonds is 4. The van der Waals surface area contributed by atoms with E-state index in [4.69, 9.17) is 10.3 Å². The Hall–Kier alpha value is -1.91. The molecule has 0 aliphatic carbocycles. The van der Waals surface area contributed by atoms with Gasteiger partial charge in [0.1, 0.15) is 0 Å². The number of nitrogen functional groups attached to an aromatic ring is 1. The molecule has 5 heteroatoms. The largest absolute Gasteiger partial charge is 0.381 e. The summed E-state index contributed by atoms with van der Waals surface area (Å²) in [7, 11) is 0. The molecule has 0 aliphatic heterocycles. The van der Waals surface area contributed by atoms with Gasteiger partial charge in [-0.2, -0.15) is 10.2 Å². The standard InChI is InChI=1S/C14H20N4O/c1-5-12-10(7-9(4)16-17-12)13-11(6-8(2)3)14(15)18-19-13/h7-8H,5-6H2,1-4H3,(H2,15,18). The molecule has 0 spiro atoms. The highest BCUT2D eigenvalue weighted by molar-refractivity contribution is 5.68. The van der Waals surface area contributed by atoms with Gasteiger partial charge in [-0.15, -0.1) is 0 Å². The van der Waals surface area contributed by atoms with Gasteiger partial charge in [0.05, 0.1) is 11.4 Å². The molecule has 2 heterocycles. The van der Waals surface area contributed by atoms with E-state index in [1.165, 1.54) is 0 Å². The average molecular weight is 260 g/mol. The normalized spacial score (nSPS) is 11.2. The molecule has 2 N–H and O–H groups in total. The van der Waals surface area contributed by atoms with Crippen LogP contribution in [0.1, 0.15) is 37.7 Å². The first-order valence-electron chi connectivity index (χ1n) is 6.60. The van der Waals surface area contributed by atoms with E-state index in [9.17, 15) is 0 Å². The average Bonchev–Trinajstić information content (AvgIpc) is 2.70. The lowest BCUT2D eigenvalue weighted by Crippen LogP contribution is -2.02. The van der Waals surface area contributed by atoms with Crippen molar-refractivity contribution >= 4 is 5.82 Å². The zero-order valence-electron chi connectivity index (χ0n) is 11.9. The molecule has 0 saturated heterocycles. The zero-order chi connectivity index (χ0) is 14.0. The van der Waals surface area contributed by atoms with E-state index in [2.05, 4.69) is 29.2 Å². The monoisotopic (exact) mass is 260 g/mol. The maximum Gasteiger partial charge on any atom is 0.174 e. The second kappa shape index (κ2) is 5.38. The number of anilines is 1. The molecule has 2 aromatic heterocycles. The topological polar surface area (TPSA) is 77.8 Å². The van der Waals surface area contributed by atoms with Gasteiger partial charge < -0.3 is 10.3 Å². The summed E-state index contributed by atoms with van der Waals surface area (Å²) in [4.78, 5) is 0. The van der Waals surface area contributed by atoms with Gasteiger partial charge in [-0.1, -0.05) is 25.9 Å². The van der Waals surface area contributed by atoms with Crippen molar-refractivity contribution in [1.82, 2.24) is 15.4 Å². The van der Waals surface area contributed by atoms with Crippen LogP contribution < -0.4 is 5.73 Å². The summed E-state index contributed by atoms with van der Waals surface area (Å²) >= 11 is 0. The molecule has 0 bridgehead atoms. The van der Waals surface area contributed by atoms with Crippen molar-refractivity contribution in [2.45, 2.75) is 40.5 Å². The minimum absolute atomic E-state index is 0.472. The van der Waals surface area contributed by atoms with Crippen LogP contribution in [0.4, 0.5) is 5.82 Å². The van der Waals surface area contributed by atoms with Crippen molar-refractivity contribution in [3.05, 3.63) is 23.0 Å². The Kier molecular flexibility index (Phi) is 3.83. The summed E-state index contributed by atoms with van der Waals surface area (Å²) in [6.07, 6.45) is 1.64. The lowest BCUT2D eigenvalue weighted by molar-refractivity contribution is 0.433. The first kappa shape index (κ1) is 13.5. The van der Waals surface area contributed by atoms with E-state index in [0.717, 1.165) is 41.1 Å². The third-order valence-corrected chi connectivity index (χ3v) is 3.00. The summed E-state index contributed by atoms with van der Waals surface area (Å²) < 4.78 is 5.44. The fourth-order valence-electron chi connectivity index (χ4n) is 2.11. The predicted octanol–water partition coefficient (Wildman–Crippen LogP) is 2.78. The molecule has 0 atom stereocenters. The molecule has 5 nitrogen and oxygen atoms in total. The van der Waals surface area contributed by atoms with E-state index in [1.54, 1.807) is 0 Å². The van der Waals surface area contributed by atoms with Gasteiger partial charge in [0, 0.05) is 11.1 Å². The zero-order valence-corrected chi connectivity index (χ0v) is 11.9. The van der Waals surface area contributed by atoms with Crippen LogP contribution in [0.15, 0.2) is 10.6 Å². The molecule has 0 aromatic carbocycles. The lowest BCUT2D eigenvalue weighted by Gasteiger charge is -2.08. The Labute approximate surface area is 113 Å². The van der Waals surface area contributed by atoms with Gasteiger partial charge >= 0.3 is 0 Å². The summed E-state index contributed by atoms with van der Waals surface area (Å²) in [6, 6.07) is 1.98. The smallest absolute Gasteiger partial charge is 0.174 e. The van der Waals surface area contributed by atoms with Crippen molar-refractivity contribution in [3.8, 4) is 11.3 Å². The van der Waals surface area contributed by atoms with Gasteiger partial charge in [-0.25, -0.2) is 0 Å². The van der Waals surface area contributed by atoms with Gasteiger partial charge in [0.25, 0.3) is 0 Å². The Morgan fingerprint density at radius 2 is 2.05 bits per heavy atom. The molecule has 2 rings (SSSR count). The fraction of sp³-hybridized carbons (Fsp3) is 0.500. The Balaban J connectivity index is 2.55. The fourth-order valence-corrected chi connectivity index (χ4v) is 2.11. The van der Waals surface area contributed by atoms with Crippen LogP contribution in [0.2, 0.25) is 0 Å². The van der Waals surface area contributed by atoms with Crippen molar-refractivity contribution in [3.63, 3.8) is 0 Å². The number of nitrogens with zero attached hydrogens (tertiary/aromatic N) is 3. The van der Waals surface area contributed by atoms with E-state index < -0.39 is 0 Å². The van der Waals surface area contributed by atoms with Crippen LogP contribution in [0, 0.1) is 12.8 Å². The van der Waals surface area contributed by atoms with Crippen LogP contribution in [-0.4, -0.2) is 15.4 Å². The molecule has 19 heavy (non-hydrogen) atoms. The van der Waals surface area contributed by atoms with Gasteiger partial charge in [-0.05, 0) is 31.7 Å². The first-order valence-corrected chi connectivity index (χ1v) is 6.60. The third-order valence-electron chi connectivity index (χ3n) is 3.00. The maximum atomic E-state index is 5.92. The minimum atomic E-state index is 0.472. The maximum absolute atomic E-state index is 5.92. The number of nitrogens with two attached hydrogens (primary N) is 1. The van der Waals surface area contributed by atoms with Crippen LogP contribution >= 0.6 is 0 Å². The van der Waals surface area contributed by atoms with Crippen LogP contribution in [0.3, 0.4) is 0 Å². The van der Waals surface area contributed by atoms with Crippen molar-refractivity contribution < 1.29 is 4.52 Å². The molecule has 0 unspecified atom stereocenters. The molecule has 0 radical (unpaired) electrons. The van der Waals surface area contributed by atoms with Crippen LogP contribution in [0.25, 0.3) is 11.3 Å². The molecule has 2 aromatic rings. The van der Waals surface area contributed by atoms with E-state index in [-0.39, 0.29) is 0 Å². The molecular weight excluding hydrogens is 240 g/mol. The molecular formula is C14H20N4O. The number of aromatic nitrogens is 3. The minimum Gasteiger partial charge on any atom is -0.381 e. The molecule has 0 fully saturated rings. The van der Waals surface area contributed by atoms with E-state index in [0.29, 0.717) is 11.7 Å². The van der Waals surface area contributed by atoms with Gasteiger partial charge in [0.2, 0.25) is 0 Å². The predicted molar refractivity (Wildman–Crippen MR) is 74.6 cm³/mol. The van der Waals surface area contributed by atoms with Crippen molar-refractivity contribution in [1.29, 1.82) is 0 Å². The quantitative estimate of drug-likeness (QED) is 0.914. The third kappa shape index (κ3) is 2.75. The number of aryl methyl sites for hydroxylation is 2. The van der Waals surface area contributed by atoms with Gasteiger partial charge in [0.15, 0.2) is 11.6 Å². The van der Waals surface area contributed by atoms with E-state index >= 15 is 0 Å². The highest BCUT2D eigenvalue weighted by atomic mass is 16.5. The molecule has 0 amide bonds. The number of hydrogen-bond donors (Lipinski definition) is 1. The number of hydrogen-bond acceptors (Lipinski definition) is 5. The summed E-state index contributed by atoms with van der Waals surface area (Å²) in [5, 5.41) is 12.2. The second-order valence-corrected chi connectivity index (χ2v) is 5.17. The van der Waals surface area contributed by atoms with Crippen LogP contribution in [0.5, 0.6) is 0 Å². The molecule has 0 aliphatic rings. The Morgan fingerprint density at radius 1 is 1.32 bits per heavy atom. The first-order chi connectivity index (χ1) is 9.02. The highest BCUT2D eigenvalue weighted by Crippen LogP contribution is 2.31. The second-order valence-electron chi connectivity index (χ2n) is 5.17. The highest BCUT2D eigenvalue weighted by Gasteiger charge is 2.20. The summed E-state index contributed by atoms with van der Waals surface area (Å²) in [5.41, 5.74) is 9.61. The SMILES string of the molecule is CCc1nnc(C)cc1-c1onc(N)c1CC(C)C. The van der Waals surface area contributed by atoms with Crippen molar-refractivity contribution in [2.24, 2.45) is 5.92 Å². The molecule has 102 valence electrons. The summed E-state index contributed by atoms with van der Waals surface area (Å²) in [5.74, 6) is 1.70. The molecule has 0 saturated carbocycles. The summed E-state index contributed by atoms with van der Waals surface area (Å²) in [6.45, 7) is 8.25. The van der Waals surface area contributed by atoms with Crippen molar-refractivity contribution in [2.75, 3.05) is 5.73 Å². The Morgan fingerprint density at radius 3 is 2.68 bits per heavy atom.